The third-order valence-electron chi connectivity index (χ3n) is 4.66. The Kier molecular flexibility index (Phi) is 3.35. The Bertz CT molecular complexity index is 1090. The molecule has 0 atom stereocenters. The van der Waals surface area contributed by atoms with Crippen molar-refractivity contribution >= 4 is 22.7 Å². The highest BCUT2D eigenvalue weighted by Crippen LogP contribution is 2.39. The van der Waals surface area contributed by atoms with Crippen LogP contribution >= 0.6 is 0 Å². The predicted octanol–water partition coefficient (Wildman–Crippen LogP) is 4.35. The molecule has 1 saturated carbocycles. The average Bonchev–Trinajstić information content (AvgIpc) is 3.22. The largest absolute Gasteiger partial charge is 0.464 e. The highest BCUT2D eigenvalue weighted by Gasteiger charge is 2.25. The average molecular weight is 344 g/mol. The fourth-order valence-electron chi connectivity index (χ4n) is 3.10. The Morgan fingerprint density at radius 2 is 2.00 bits per heavy atom. The van der Waals surface area contributed by atoms with E-state index in [4.69, 9.17) is 4.42 Å². The number of carbonyl (C=O) groups is 1. The molecule has 5 rings (SSSR count). The molecule has 6 heteroatoms. The van der Waals surface area contributed by atoms with E-state index in [2.05, 4.69) is 20.5 Å². The van der Waals surface area contributed by atoms with E-state index in [0.717, 1.165) is 27.9 Å². The maximum Gasteiger partial charge on any atom is 0.256 e. The maximum atomic E-state index is 12.4. The van der Waals surface area contributed by atoms with E-state index < -0.39 is 0 Å². The number of aromatic nitrogens is 3. The Morgan fingerprint density at radius 1 is 1.15 bits per heavy atom. The van der Waals surface area contributed by atoms with Gasteiger partial charge in [-0.05, 0) is 37.1 Å². The molecule has 0 aliphatic heterocycles. The molecule has 128 valence electrons. The zero-order valence-corrected chi connectivity index (χ0v) is 13.9. The maximum absolute atomic E-state index is 12.4. The number of carbonyl (C=O) groups excluding carboxylic acids is 1. The van der Waals surface area contributed by atoms with E-state index in [1.165, 1.54) is 12.8 Å². The second-order valence-electron chi connectivity index (χ2n) is 6.51. The zero-order valence-electron chi connectivity index (χ0n) is 13.9. The molecular weight excluding hydrogens is 328 g/mol. The van der Waals surface area contributed by atoms with Crippen LogP contribution in [0.5, 0.6) is 0 Å². The Balaban J connectivity index is 1.37. The smallest absolute Gasteiger partial charge is 0.256 e. The molecule has 4 aromatic rings. The molecule has 0 saturated heterocycles. The van der Waals surface area contributed by atoms with Crippen LogP contribution in [0.15, 0.2) is 59.3 Å². The number of H-pyrrole nitrogens is 1. The van der Waals surface area contributed by atoms with Gasteiger partial charge in [0, 0.05) is 40.4 Å². The van der Waals surface area contributed by atoms with Crippen molar-refractivity contribution in [3.05, 3.63) is 66.2 Å². The molecule has 1 aromatic carbocycles. The highest BCUT2D eigenvalue weighted by atomic mass is 16.3. The number of pyridine rings is 1. The first-order valence-electron chi connectivity index (χ1n) is 8.57. The Hall–Kier alpha value is -3.41. The monoisotopic (exact) mass is 344 g/mol. The fourth-order valence-corrected chi connectivity index (χ4v) is 3.10. The number of benzene rings is 1. The summed E-state index contributed by atoms with van der Waals surface area (Å²) >= 11 is 0. The molecule has 6 nitrogen and oxygen atoms in total. The van der Waals surface area contributed by atoms with Crippen LogP contribution < -0.4 is 5.32 Å². The number of nitrogens with zero attached hydrogens (tertiary/aromatic N) is 2. The summed E-state index contributed by atoms with van der Waals surface area (Å²) in [6, 6.07) is 13.0. The molecule has 1 fully saturated rings. The third kappa shape index (κ3) is 2.65. The van der Waals surface area contributed by atoms with E-state index in [9.17, 15) is 4.79 Å². The number of anilines is 1. The van der Waals surface area contributed by atoms with Gasteiger partial charge in [0.15, 0.2) is 5.82 Å². The summed E-state index contributed by atoms with van der Waals surface area (Å²) in [6.45, 7) is 0. The minimum atomic E-state index is -0.181. The van der Waals surface area contributed by atoms with Crippen molar-refractivity contribution in [3.8, 4) is 11.3 Å². The van der Waals surface area contributed by atoms with E-state index in [-0.39, 0.29) is 5.91 Å². The van der Waals surface area contributed by atoms with Gasteiger partial charge in [0.1, 0.15) is 5.58 Å². The normalized spacial score (nSPS) is 13.8. The molecule has 2 N–H and O–H groups in total. The molecule has 1 aliphatic rings. The number of aromatic amines is 1. The topological polar surface area (TPSA) is 83.8 Å². The first-order chi connectivity index (χ1) is 12.8. The first-order valence-corrected chi connectivity index (χ1v) is 8.57. The van der Waals surface area contributed by atoms with Gasteiger partial charge in [-0.3, -0.25) is 14.9 Å². The third-order valence-corrected chi connectivity index (χ3v) is 4.66. The van der Waals surface area contributed by atoms with E-state index in [1.54, 1.807) is 24.6 Å². The van der Waals surface area contributed by atoms with Crippen molar-refractivity contribution in [2.75, 3.05) is 5.32 Å². The van der Waals surface area contributed by atoms with E-state index in [0.29, 0.717) is 17.3 Å². The number of amides is 1. The number of furan rings is 1. The van der Waals surface area contributed by atoms with Crippen LogP contribution in [0.1, 0.15) is 34.8 Å². The van der Waals surface area contributed by atoms with Crippen molar-refractivity contribution in [1.82, 2.24) is 15.2 Å². The van der Waals surface area contributed by atoms with Crippen LogP contribution in [0.2, 0.25) is 0 Å². The van der Waals surface area contributed by atoms with Gasteiger partial charge < -0.3 is 9.73 Å². The molecular formula is C20H16N4O2. The van der Waals surface area contributed by atoms with Crippen LogP contribution in [0.3, 0.4) is 0 Å². The second kappa shape index (κ2) is 5.84. The van der Waals surface area contributed by atoms with Crippen molar-refractivity contribution in [2.45, 2.75) is 18.8 Å². The number of hydrogen-bond donors (Lipinski definition) is 2. The van der Waals surface area contributed by atoms with Crippen molar-refractivity contribution < 1.29 is 9.21 Å². The summed E-state index contributed by atoms with van der Waals surface area (Å²) in [4.78, 5) is 16.9. The lowest BCUT2D eigenvalue weighted by molar-refractivity contribution is 0.102. The predicted molar refractivity (Wildman–Crippen MR) is 98.0 cm³/mol. The quantitative estimate of drug-likeness (QED) is 0.576. The van der Waals surface area contributed by atoms with Gasteiger partial charge in [0.05, 0.1) is 12.0 Å². The summed E-state index contributed by atoms with van der Waals surface area (Å²) in [5.41, 5.74) is 4.23. The minimum Gasteiger partial charge on any atom is -0.464 e. The van der Waals surface area contributed by atoms with Gasteiger partial charge in [-0.15, -0.1) is 0 Å². The van der Waals surface area contributed by atoms with Crippen LogP contribution in [-0.4, -0.2) is 21.1 Å². The Morgan fingerprint density at radius 3 is 2.81 bits per heavy atom. The summed E-state index contributed by atoms with van der Waals surface area (Å²) in [6.07, 6.45) is 5.75. The van der Waals surface area contributed by atoms with Gasteiger partial charge in [-0.25, -0.2) is 0 Å². The molecule has 0 radical (unpaired) electrons. The standard InChI is InChI=1S/C20H16N4O2/c25-20(22-18-11-16(23-24-18)12-1-2-12)14-5-3-13(4-6-14)19-15-8-10-26-17(15)7-9-21-19/h3-12H,1-2H2,(H2,22,23,24,25). The van der Waals surface area contributed by atoms with E-state index >= 15 is 0 Å². The SMILES string of the molecule is O=C(Nc1cc(C2CC2)[nH]n1)c1ccc(-c2nccc3occc23)cc1. The molecule has 0 bridgehead atoms. The van der Waals surface area contributed by atoms with Crippen LogP contribution in [0.4, 0.5) is 5.82 Å². The van der Waals surface area contributed by atoms with Crippen molar-refractivity contribution in [1.29, 1.82) is 0 Å². The first kappa shape index (κ1) is 14.9. The number of rotatable bonds is 4. The van der Waals surface area contributed by atoms with Gasteiger partial charge in [-0.1, -0.05) is 12.1 Å². The summed E-state index contributed by atoms with van der Waals surface area (Å²) in [5.74, 6) is 0.955. The van der Waals surface area contributed by atoms with E-state index in [1.807, 2.05) is 30.3 Å². The summed E-state index contributed by atoms with van der Waals surface area (Å²) < 4.78 is 5.42. The molecule has 3 heterocycles. The highest BCUT2D eigenvalue weighted by molar-refractivity contribution is 6.04. The summed E-state index contributed by atoms with van der Waals surface area (Å²) in [5, 5.41) is 10.9. The second-order valence-corrected chi connectivity index (χ2v) is 6.51. The van der Waals surface area contributed by atoms with Crippen LogP contribution in [0, 0.1) is 0 Å². The van der Waals surface area contributed by atoms with Gasteiger partial charge in [0.25, 0.3) is 5.91 Å². The van der Waals surface area contributed by atoms with Gasteiger partial charge >= 0.3 is 0 Å². The van der Waals surface area contributed by atoms with Gasteiger partial charge in [-0.2, -0.15) is 5.10 Å². The summed E-state index contributed by atoms with van der Waals surface area (Å²) in [7, 11) is 0. The molecule has 1 amide bonds. The molecule has 0 spiro atoms. The zero-order chi connectivity index (χ0) is 17.5. The van der Waals surface area contributed by atoms with Gasteiger partial charge in [0.2, 0.25) is 0 Å². The van der Waals surface area contributed by atoms with Crippen LogP contribution in [0.25, 0.3) is 22.2 Å². The Labute approximate surface area is 149 Å². The molecule has 1 aliphatic carbocycles. The number of fused-ring (bicyclic) bond motifs is 1. The minimum absolute atomic E-state index is 0.181. The molecule has 3 aromatic heterocycles. The van der Waals surface area contributed by atoms with Crippen molar-refractivity contribution in [3.63, 3.8) is 0 Å². The van der Waals surface area contributed by atoms with Crippen LogP contribution in [-0.2, 0) is 0 Å². The molecule has 0 unspecified atom stereocenters. The fraction of sp³-hybridized carbons (Fsp3) is 0.150. The lowest BCUT2D eigenvalue weighted by Crippen LogP contribution is -2.12. The lowest BCUT2D eigenvalue weighted by Gasteiger charge is -2.05. The van der Waals surface area contributed by atoms with Crippen molar-refractivity contribution in [2.24, 2.45) is 0 Å². The molecule has 26 heavy (non-hydrogen) atoms. The number of nitrogens with one attached hydrogen (secondary N) is 2. The number of hydrogen-bond acceptors (Lipinski definition) is 4. The lowest BCUT2D eigenvalue weighted by atomic mass is 10.1.